The second kappa shape index (κ2) is 7.36. The van der Waals surface area contributed by atoms with Gasteiger partial charge in [0.15, 0.2) is 0 Å². The summed E-state index contributed by atoms with van der Waals surface area (Å²) in [6.45, 7) is 8.32. The second-order valence-corrected chi connectivity index (χ2v) is 5.10. The molecular formula is C13H25N3O2. The van der Waals surface area contributed by atoms with Crippen molar-refractivity contribution in [2.45, 2.75) is 39.7 Å². The van der Waals surface area contributed by atoms with E-state index in [1.807, 2.05) is 20.8 Å². The van der Waals surface area contributed by atoms with Crippen LogP contribution in [-0.2, 0) is 9.59 Å². The first-order valence-electron chi connectivity index (χ1n) is 6.83. The lowest BCUT2D eigenvalue weighted by molar-refractivity contribution is -0.140. The average Bonchev–Trinajstić information content (AvgIpc) is 2.35. The van der Waals surface area contributed by atoms with Crippen molar-refractivity contribution in [2.24, 2.45) is 5.92 Å². The zero-order valence-corrected chi connectivity index (χ0v) is 11.7. The number of nitrogens with one attached hydrogen (secondary N) is 2. The average molecular weight is 255 g/mol. The number of hydrogen-bond donors (Lipinski definition) is 2. The molecule has 1 fully saturated rings. The minimum absolute atomic E-state index is 0.0749. The lowest BCUT2D eigenvalue weighted by Gasteiger charge is -2.28. The summed E-state index contributed by atoms with van der Waals surface area (Å²) in [7, 11) is 0. The number of amides is 2. The molecule has 5 heteroatoms. The van der Waals surface area contributed by atoms with Gasteiger partial charge in [-0.25, -0.2) is 0 Å². The van der Waals surface area contributed by atoms with E-state index in [0.29, 0.717) is 6.54 Å². The van der Waals surface area contributed by atoms with Gasteiger partial charge in [-0.05, 0) is 46.7 Å². The molecule has 0 bridgehead atoms. The monoisotopic (exact) mass is 255 g/mol. The molecule has 18 heavy (non-hydrogen) atoms. The summed E-state index contributed by atoms with van der Waals surface area (Å²) in [5.41, 5.74) is 0. The van der Waals surface area contributed by atoms with E-state index >= 15 is 0 Å². The molecule has 1 aliphatic heterocycles. The molecule has 2 amide bonds. The lowest BCUT2D eigenvalue weighted by atomic mass is 9.96. The Morgan fingerprint density at radius 1 is 1.33 bits per heavy atom. The van der Waals surface area contributed by atoms with Gasteiger partial charge < -0.3 is 15.5 Å². The maximum Gasteiger partial charge on any atom is 0.239 e. The van der Waals surface area contributed by atoms with Crippen LogP contribution in [0.4, 0.5) is 0 Å². The van der Waals surface area contributed by atoms with Gasteiger partial charge in [0.2, 0.25) is 11.8 Å². The Kier molecular flexibility index (Phi) is 6.12. The molecule has 0 aliphatic carbocycles. The maximum atomic E-state index is 12.3. The van der Waals surface area contributed by atoms with Gasteiger partial charge in [-0.3, -0.25) is 9.59 Å². The molecule has 0 aromatic rings. The first kappa shape index (κ1) is 15.0. The van der Waals surface area contributed by atoms with Gasteiger partial charge in [0.25, 0.3) is 0 Å². The molecule has 1 heterocycles. The predicted octanol–water partition coefficient (Wildman–Crippen LogP) is 0.359. The van der Waals surface area contributed by atoms with Crippen LogP contribution in [0, 0.1) is 5.92 Å². The van der Waals surface area contributed by atoms with Gasteiger partial charge in [0.05, 0.1) is 6.54 Å². The molecule has 0 spiro atoms. The number of likely N-dealkylation sites (N-methyl/N-ethyl adjacent to an activating group) is 1. The highest BCUT2D eigenvalue weighted by Crippen LogP contribution is 2.14. The third kappa shape index (κ3) is 4.64. The third-order valence-corrected chi connectivity index (χ3v) is 3.17. The smallest absolute Gasteiger partial charge is 0.239 e. The van der Waals surface area contributed by atoms with Crippen molar-refractivity contribution in [3.8, 4) is 0 Å². The molecule has 2 N–H and O–H groups in total. The normalized spacial score (nSPS) is 16.7. The summed E-state index contributed by atoms with van der Waals surface area (Å²) in [5, 5.41) is 6.06. The summed E-state index contributed by atoms with van der Waals surface area (Å²) >= 11 is 0. The van der Waals surface area contributed by atoms with Crippen molar-refractivity contribution < 1.29 is 9.59 Å². The molecule has 5 nitrogen and oxygen atoms in total. The Bertz CT molecular complexity index is 286. The second-order valence-electron chi connectivity index (χ2n) is 5.10. The van der Waals surface area contributed by atoms with Crippen molar-refractivity contribution >= 4 is 11.8 Å². The Hall–Kier alpha value is -1.10. The number of hydrogen-bond acceptors (Lipinski definition) is 3. The molecule has 1 rings (SSSR count). The fraction of sp³-hybridized carbons (Fsp3) is 0.846. The Labute approximate surface area is 109 Å². The summed E-state index contributed by atoms with van der Waals surface area (Å²) in [5.74, 6) is 0.130. The molecule has 0 unspecified atom stereocenters. The summed E-state index contributed by atoms with van der Waals surface area (Å²) in [4.78, 5) is 25.6. The van der Waals surface area contributed by atoms with Crippen molar-refractivity contribution in [2.75, 3.05) is 26.2 Å². The molecule has 0 radical (unpaired) electrons. The highest BCUT2D eigenvalue weighted by Gasteiger charge is 2.26. The van der Waals surface area contributed by atoms with E-state index in [0.717, 1.165) is 25.9 Å². The number of nitrogens with zero attached hydrogens (tertiary/aromatic N) is 1. The van der Waals surface area contributed by atoms with Gasteiger partial charge in [-0.15, -0.1) is 0 Å². The van der Waals surface area contributed by atoms with E-state index in [1.165, 1.54) is 0 Å². The van der Waals surface area contributed by atoms with Crippen LogP contribution in [0.3, 0.4) is 0 Å². The van der Waals surface area contributed by atoms with Crippen LogP contribution in [0.2, 0.25) is 0 Å². The zero-order valence-electron chi connectivity index (χ0n) is 11.7. The van der Waals surface area contributed by atoms with Crippen LogP contribution in [0.25, 0.3) is 0 Å². The van der Waals surface area contributed by atoms with Crippen LogP contribution in [0.1, 0.15) is 33.6 Å². The number of carbonyl (C=O) groups excluding carboxylic acids is 2. The lowest BCUT2D eigenvalue weighted by Crippen LogP contribution is -2.46. The van der Waals surface area contributed by atoms with E-state index in [-0.39, 0.29) is 30.3 Å². The number of piperidine rings is 1. The van der Waals surface area contributed by atoms with E-state index in [4.69, 9.17) is 0 Å². The molecule has 1 saturated heterocycles. The quantitative estimate of drug-likeness (QED) is 0.745. The fourth-order valence-electron chi connectivity index (χ4n) is 2.21. The van der Waals surface area contributed by atoms with E-state index < -0.39 is 0 Å². The van der Waals surface area contributed by atoms with Gasteiger partial charge in [-0.2, -0.15) is 0 Å². The van der Waals surface area contributed by atoms with Crippen LogP contribution in [0.5, 0.6) is 0 Å². The summed E-state index contributed by atoms with van der Waals surface area (Å²) < 4.78 is 0. The Morgan fingerprint density at radius 3 is 2.44 bits per heavy atom. The molecule has 0 atom stereocenters. The fourth-order valence-corrected chi connectivity index (χ4v) is 2.21. The number of carbonyl (C=O) groups is 2. The van der Waals surface area contributed by atoms with Crippen molar-refractivity contribution in [1.29, 1.82) is 0 Å². The van der Waals surface area contributed by atoms with Crippen LogP contribution in [-0.4, -0.2) is 48.9 Å². The van der Waals surface area contributed by atoms with Gasteiger partial charge >= 0.3 is 0 Å². The SMILES string of the molecule is CCN(CC(=O)NC(C)C)C(=O)C1CCNCC1. The predicted molar refractivity (Wildman–Crippen MR) is 71.1 cm³/mol. The Morgan fingerprint density at radius 2 is 1.94 bits per heavy atom. The Balaban J connectivity index is 2.48. The van der Waals surface area contributed by atoms with E-state index in [9.17, 15) is 9.59 Å². The highest BCUT2D eigenvalue weighted by atomic mass is 16.2. The largest absolute Gasteiger partial charge is 0.352 e. The molecule has 0 aromatic carbocycles. The van der Waals surface area contributed by atoms with Gasteiger partial charge in [0.1, 0.15) is 0 Å². The molecule has 0 saturated carbocycles. The van der Waals surface area contributed by atoms with Gasteiger partial charge in [-0.1, -0.05) is 0 Å². The standard InChI is InChI=1S/C13H25N3O2/c1-4-16(9-12(17)15-10(2)3)13(18)11-5-7-14-8-6-11/h10-11,14H,4-9H2,1-3H3,(H,15,17). The number of rotatable bonds is 5. The molecular weight excluding hydrogens is 230 g/mol. The maximum absolute atomic E-state index is 12.3. The highest BCUT2D eigenvalue weighted by molar-refractivity contribution is 5.86. The topological polar surface area (TPSA) is 61.4 Å². The van der Waals surface area contributed by atoms with Crippen LogP contribution in [0.15, 0.2) is 0 Å². The van der Waals surface area contributed by atoms with E-state index in [2.05, 4.69) is 10.6 Å². The summed E-state index contributed by atoms with van der Waals surface area (Å²) in [6.07, 6.45) is 1.75. The first-order chi connectivity index (χ1) is 8.54. The molecule has 1 aliphatic rings. The third-order valence-electron chi connectivity index (χ3n) is 3.17. The first-order valence-corrected chi connectivity index (χ1v) is 6.83. The van der Waals surface area contributed by atoms with Crippen molar-refractivity contribution in [3.05, 3.63) is 0 Å². The van der Waals surface area contributed by atoms with Gasteiger partial charge in [0, 0.05) is 18.5 Å². The minimum atomic E-state index is -0.0749. The minimum Gasteiger partial charge on any atom is -0.352 e. The van der Waals surface area contributed by atoms with E-state index in [1.54, 1.807) is 4.90 Å². The van der Waals surface area contributed by atoms with Crippen molar-refractivity contribution in [1.82, 2.24) is 15.5 Å². The summed E-state index contributed by atoms with van der Waals surface area (Å²) in [6, 6.07) is 0.116. The molecule has 104 valence electrons. The van der Waals surface area contributed by atoms with Crippen LogP contribution >= 0.6 is 0 Å². The van der Waals surface area contributed by atoms with Crippen LogP contribution < -0.4 is 10.6 Å². The van der Waals surface area contributed by atoms with Crippen molar-refractivity contribution in [3.63, 3.8) is 0 Å². The zero-order chi connectivity index (χ0) is 13.5. The molecule has 0 aromatic heterocycles.